The van der Waals surface area contributed by atoms with Crippen LogP contribution in [0.4, 0.5) is 0 Å². The molecule has 1 aromatic carbocycles. The maximum atomic E-state index is 12.5. The van der Waals surface area contributed by atoms with E-state index in [9.17, 15) is 19.5 Å². The molecule has 0 aliphatic carbocycles. The van der Waals surface area contributed by atoms with Crippen LogP contribution in [0.25, 0.3) is 0 Å². The van der Waals surface area contributed by atoms with Crippen LogP contribution in [0.1, 0.15) is 54.6 Å². The Morgan fingerprint density at radius 2 is 2.09 bits per heavy atom. The van der Waals surface area contributed by atoms with Gasteiger partial charge in [-0.15, -0.1) is 0 Å². The average Bonchev–Trinajstić information content (AvgIpc) is 2.83. The Labute approximate surface area is 129 Å². The third-order valence-corrected chi connectivity index (χ3v) is 4.13. The molecule has 22 heavy (non-hydrogen) atoms. The number of hydrogen-bond donors (Lipinski definition) is 1. The Balaban J connectivity index is 2.19. The van der Waals surface area contributed by atoms with E-state index in [-0.39, 0.29) is 24.1 Å². The number of aliphatic hydroxyl groups excluding tert-OH is 1. The molecule has 2 rings (SSSR count). The van der Waals surface area contributed by atoms with E-state index in [1.165, 1.54) is 11.8 Å². The van der Waals surface area contributed by atoms with Gasteiger partial charge in [0.05, 0.1) is 12.6 Å². The van der Waals surface area contributed by atoms with Gasteiger partial charge in [0, 0.05) is 24.9 Å². The van der Waals surface area contributed by atoms with E-state index >= 15 is 0 Å². The number of aliphatic hydroxyl groups is 1. The first kappa shape index (κ1) is 16.4. The predicted molar refractivity (Wildman–Crippen MR) is 81.2 cm³/mol. The van der Waals surface area contributed by atoms with Crippen LogP contribution in [-0.2, 0) is 22.7 Å². The smallest absolute Gasteiger partial charge is 0.255 e. The first-order valence-electron chi connectivity index (χ1n) is 7.53. The van der Waals surface area contributed by atoms with Crippen molar-refractivity contribution in [3.8, 4) is 0 Å². The minimum Gasteiger partial charge on any atom is -0.392 e. The fourth-order valence-electron chi connectivity index (χ4n) is 2.77. The van der Waals surface area contributed by atoms with E-state index in [4.69, 9.17) is 0 Å². The molecule has 1 aliphatic heterocycles. The highest BCUT2D eigenvalue weighted by Crippen LogP contribution is 2.27. The lowest BCUT2D eigenvalue weighted by atomic mass is 10.0. The largest absolute Gasteiger partial charge is 0.392 e. The number of amides is 1. The Morgan fingerprint density at radius 1 is 1.36 bits per heavy atom. The SMILES string of the molecule is CCC(=O)CCC(C(C)=O)N1Cc2ccc(CO)cc2C1=O. The molecule has 5 nitrogen and oxygen atoms in total. The summed E-state index contributed by atoms with van der Waals surface area (Å²) >= 11 is 0. The molecule has 0 bridgehead atoms. The number of rotatable bonds is 7. The average molecular weight is 303 g/mol. The third-order valence-electron chi connectivity index (χ3n) is 4.13. The van der Waals surface area contributed by atoms with E-state index in [1.54, 1.807) is 19.1 Å². The number of benzene rings is 1. The Bertz CT molecular complexity index is 609. The van der Waals surface area contributed by atoms with Crippen LogP contribution in [0.3, 0.4) is 0 Å². The van der Waals surface area contributed by atoms with Gasteiger partial charge in [0.1, 0.15) is 5.78 Å². The van der Waals surface area contributed by atoms with Gasteiger partial charge in [-0.25, -0.2) is 0 Å². The van der Waals surface area contributed by atoms with Gasteiger partial charge in [0.2, 0.25) is 0 Å². The Kier molecular flexibility index (Phi) is 5.08. The number of ketones is 2. The van der Waals surface area contributed by atoms with Crippen molar-refractivity contribution >= 4 is 17.5 Å². The molecular formula is C17H21NO4. The highest BCUT2D eigenvalue weighted by atomic mass is 16.3. The van der Waals surface area contributed by atoms with Gasteiger partial charge < -0.3 is 10.0 Å². The molecule has 1 aliphatic rings. The summed E-state index contributed by atoms with van der Waals surface area (Å²) in [6.07, 6.45) is 1.12. The summed E-state index contributed by atoms with van der Waals surface area (Å²) < 4.78 is 0. The zero-order chi connectivity index (χ0) is 16.3. The molecular weight excluding hydrogens is 282 g/mol. The molecule has 1 amide bonds. The van der Waals surface area contributed by atoms with E-state index < -0.39 is 6.04 Å². The standard InChI is InChI=1S/C17H21NO4/c1-3-14(21)6-7-16(11(2)20)18-9-13-5-4-12(10-19)8-15(13)17(18)22/h4-5,8,16,19H,3,6-7,9-10H2,1-2H3. The fraction of sp³-hybridized carbons (Fsp3) is 0.471. The zero-order valence-corrected chi connectivity index (χ0v) is 13.0. The topological polar surface area (TPSA) is 74.7 Å². The van der Waals surface area contributed by atoms with Gasteiger partial charge >= 0.3 is 0 Å². The number of Topliss-reactive ketones (excluding diaryl/α,β-unsaturated/α-hetero) is 2. The lowest BCUT2D eigenvalue weighted by Crippen LogP contribution is -2.40. The summed E-state index contributed by atoms with van der Waals surface area (Å²) in [5.41, 5.74) is 2.07. The molecule has 1 N–H and O–H groups in total. The van der Waals surface area contributed by atoms with Gasteiger partial charge in [0.15, 0.2) is 5.78 Å². The second-order valence-electron chi connectivity index (χ2n) is 5.64. The number of carbonyl (C=O) groups excluding carboxylic acids is 3. The van der Waals surface area contributed by atoms with Gasteiger partial charge in [-0.05, 0) is 30.5 Å². The lowest BCUT2D eigenvalue weighted by Gasteiger charge is -2.25. The van der Waals surface area contributed by atoms with Crippen LogP contribution in [0.5, 0.6) is 0 Å². The molecule has 0 spiro atoms. The van der Waals surface area contributed by atoms with E-state index in [2.05, 4.69) is 0 Å². The predicted octanol–water partition coefficient (Wildman–Crippen LogP) is 1.85. The number of carbonyl (C=O) groups is 3. The minimum absolute atomic E-state index is 0.0953. The number of fused-ring (bicyclic) bond motifs is 1. The summed E-state index contributed by atoms with van der Waals surface area (Å²) in [4.78, 5) is 37.5. The summed E-state index contributed by atoms with van der Waals surface area (Å²) in [7, 11) is 0. The summed E-state index contributed by atoms with van der Waals surface area (Å²) in [6, 6.07) is 4.70. The highest BCUT2D eigenvalue weighted by molar-refractivity contribution is 6.01. The van der Waals surface area contributed by atoms with Crippen molar-refractivity contribution < 1.29 is 19.5 Å². The molecule has 5 heteroatoms. The van der Waals surface area contributed by atoms with E-state index in [0.717, 1.165) is 5.56 Å². The molecule has 118 valence electrons. The molecule has 0 radical (unpaired) electrons. The first-order chi connectivity index (χ1) is 10.5. The summed E-state index contributed by atoms with van der Waals surface area (Å²) in [6.45, 7) is 3.50. The maximum Gasteiger partial charge on any atom is 0.255 e. The lowest BCUT2D eigenvalue weighted by molar-refractivity contribution is -0.122. The van der Waals surface area contributed by atoms with Crippen molar-refractivity contribution in [2.45, 2.75) is 52.3 Å². The fourth-order valence-corrected chi connectivity index (χ4v) is 2.77. The van der Waals surface area contributed by atoms with Gasteiger partial charge in [-0.3, -0.25) is 14.4 Å². The Morgan fingerprint density at radius 3 is 2.68 bits per heavy atom. The van der Waals surface area contributed by atoms with Crippen LogP contribution in [0.2, 0.25) is 0 Å². The van der Waals surface area contributed by atoms with E-state index in [1.807, 2.05) is 6.07 Å². The molecule has 0 fully saturated rings. The first-order valence-corrected chi connectivity index (χ1v) is 7.53. The monoisotopic (exact) mass is 303 g/mol. The van der Waals surface area contributed by atoms with Crippen molar-refractivity contribution in [3.63, 3.8) is 0 Å². The minimum atomic E-state index is -0.562. The quantitative estimate of drug-likeness (QED) is 0.834. The molecule has 1 aromatic rings. The number of nitrogens with zero attached hydrogens (tertiary/aromatic N) is 1. The second-order valence-corrected chi connectivity index (χ2v) is 5.64. The normalized spacial score (nSPS) is 14.9. The molecule has 0 saturated heterocycles. The second kappa shape index (κ2) is 6.83. The van der Waals surface area contributed by atoms with Crippen LogP contribution in [0.15, 0.2) is 18.2 Å². The van der Waals surface area contributed by atoms with Crippen LogP contribution >= 0.6 is 0 Å². The van der Waals surface area contributed by atoms with Gasteiger partial charge in [-0.1, -0.05) is 19.1 Å². The zero-order valence-electron chi connectivity index (χ0n) is 13.0. The summed E-state index contributed by atoms with van der Waals surface area (Å²) in [5, 5.41) is 9.17. The van der Waals surface area contributed by atoms with Crippen molar-refractivity contribution in [1.29, 1.82) is 0 Å². The van der Waals surface area contributed by atoms with Crippen molar-refractivity contribution in [2.24, 2.45) is 0 Å². The van der Waals surface area contributed by atoms with Crippen LogP contribution in [0, 0.1) is 0 Å². The summed E-state index contributed by atoms with van der Waals surface area (Å²) in [5.74, 6) is -0.208. The molecule has 1 heterocycles. The molecule has 0 aromatic heterocycles. The van der Waals surface area contributed by atoms with Crippen LogP contribution in [-0.4, -0.2) is 33.5 Å². The van der Waals surface area contributed by atoms with Crippen molar-refractivity contribution in [3.05, 3.63) is 34.9 Å². The van der Waals surface area contributed by atoms with Gasteiger partial charge in [0.25, 0.3) is 5.91 Å². The maximum absolute atomic E-state index is 12.5. The van der Waals surface area contributed by atoms with Gasteiger partial charge in [-0.2, -0.15) is 0 Å². The molecule has 0 saturated carbocycles. The Hall–Kier alpha value is -2.01. The molecule has 1 unspecified atom stereocenters. The highest BCUT2D eigenvalue weighted by Gasteiger charge is 2.34. The number of hydrogen-bond acceptors (Lipinski definition) is 4. The van der Waals surface area contributed by atoms with Crippen molar-refractivity contribution in [1.82, 2.24) is 4.90 Å². The third kappa shape index (κ3) is 3.25. The van der Waals surface area contributed by atoms with Crippen LogP contribution < -0.4 is 0 Å². The van der Waals surface area contributed by atoms with Crippen molar-refractivity contribution in [2.75, 3.05) is 0 Å². The molecule has 1 atom stereocenters. The van der Waals surface area contributed by atoms with E-state index in [0.29, 0.717) is 36.9 Å².